The Morgan fingerprint density at radius 3 is 2.60 bits per heavy atom. The van der Waals surface area contributed by atoms with Gasteiger partial charge >= 0.3 is 0 Å². The molecule has 0 aliphatic carbocycles. The van der Waals surface area contributed by atoms with Gasteiger partial charge in [-0.05, 0) is 35.8 Å². The molecule has 0 saturated carbocycles. The third kappa shape index (κ3) is 1.74. The number of rotatable bonds is 1. The second-order valence-electron chi connectivity index (χ2n) is 3.22. The average Bonchev–Trinajstić information content (AvgIpc) is 2.60. The maximum absolute atomic E-state index is 5.75. The molecule has 0 fully saturated rings. The SMILES string of the molecule is Cc1nc(-c2ccoc2C)nc(N)c1Br. The molecule has 2 heterocycles. The maximum atomic E-state index is 5.75. The van der Waals surface area contributed by atoms with Crippen LogP contribution < -0.4 is 5.73 Å². The van der Waals surface area contributed by atoms with Gasteiger partial charge in [-0.3, -0.25) is 0 Å². The van der Waals surface area contributed by atoms with Crippen LogP contribution in [0.5, 0.6) is 0 Å². The third-order valence-electron chi connectivity index (χ3n) is 2.14. The summed E-state index contributed by atoms with van der Waals surface area (Å²) in [6.45, 7) is 3.74. The van der Waals surface area contributed by atoms with Crippen LogP contribution in [0.4, 0.5) is 5.82 Å². The van der Waals surface area contributed by atoms with Crippen molar-refractivity contribution in [2.24, 2.45) is 0 Å². The van der Waals surface area contributed by atoms with Gasteiger partial charge in [0, 0.05) is 0 Å². The van der Waals surface area contributed by atoms with Crippen molar-refractivity contribution in [2.45, 2.75) is 13.8 Å². The summed E-state index contributed by atoms with van der Waals surface area (Å²) in [5.41, 5.74) is 7.44. The summed E-state index contributed by atoms with van der Waals surface area (Å²) in [6, 6.07) is 1.83. The van der Waals surface area contributed by atoms with Crippen molar-refractivity contribution < 1.29 is 4.42 Å². The van der Waals surface area contributed by atoms with Crippen molar-refractivity contribution in [3.05, 3.63) is 28.3 Å². The van der Waals surface area contributed by atoms with Crippen molar-refractivity contribution in [2.75, 3.05) is 5.73 Å². The summed E-state index contributed by atoms with van der Waals surface area (Å²) in [4.78, 5) is 8.54. The number of aryl methyl sites for hydroxylation is 2. The highest BCUT2D eigenvalue weighted by Gasteiger charge is 2.11. The van der Waals surface area contributed by atoms with Crippen LogP contribution in [0.2, 0.25) is 0 Å². The number of hydrogen-bond donors (Lipinski definition) is 1. The molecule has 2 aromatic heterocycles. The minimum absolute atomic E-state index is 0.443. The normalized spacial score (nSPS) is 10.6. The quantitative estimate of drug-likeness (QED) is 0.863. The molecule has 0 unspecified atom stereocenters. The van der Waals surface area contributed by atoms with Gasteiger partial charge in [0.2, 0.25) is 0 Å². The molecule has 4 nitrogen and oxygen atoms in total. The molecule has 0 radical (unpaired) electrons. The zero-order chi connectivity index (χ0) is 11.0. The molecule has 0 aliphatic rings. The summed E-state index contributed by atoms with van der Waals surface area (Å²) in [7, 11) is 0. The lowest BCUT2D eigenvalue weighted by molar-refractivity contribution is 0.535. The molecule has 0 bridgehead atoms. The fourth-order valence-electron chi connectivity index (χ4n) is 1.32. The van der Waals surface area contributed by atoms with E-state index in [9.17, 15) is 0 Å². The van der Waals surface area contributed by atoms with E-state index in [1.54, 1.807) is 6.26 Å². The topological polar surface area (TPSA) is 64.9 Å². The van der Waals surface area contributed by atoms with E-state index in [1.165, 1.54) is 0 Å². The smallest absolute Gasteiger partial charge is 0.165 e. The first-order valence-corrected chi connectivity index (χ1v) is 5.23. The van der Waals surface area contributed by atoms with Gasteiger partial charge in [-0.15, -0.1) is 0 Å². The predicted octanol–water partition coefficient (Wildman–Crippen LogP) is 2.70. The standard InChI is InChI=1S/C10H10BrN3O/c1-5-8(11)9(12)14-10(13-5)7-3-4-15-6(7)2/h3-4H,1-2H3,(H2,12,13,14). The van der Waals surface area contributed by atoms with E-state index in [0.29, 0.717) is 11.6 Å². The molecule has 0 atom stereocenters. The number of nitrogens with zero attached hydrogens (tertiary/aromatic N) is 2. The Morgan fingerprint density at radius 1 is 1.33 bits per heavy atom. The highest BCUT2D eigenvalue weighted by atomic mass is 79.9. The van der Waals surface area contributed by atoms with Gasteiger partial charge in [-0.1, -0.05) is 0 Å². The van der Waals surface area contributed by atoms with Crippen molar-refractivity contribution in [3.8, 4) is 11.4 Å². The molecule has 0 aromatic carbocycles. The van der Waals surface area contributed by atoms with E-state index in [4.69, 9.17) is 10.2 Å². The molecule has 0 spiro atoms. The largest absolute Gasteiger partial charge is 0.469 e. The molecule has 0 amide bonds. The van der Waals surface area contributed by atoms with Crippen LogP contribution in [-0.4, -0.2) is 9.97 Å². The van der Waals surface area contributed by atoms with Gasteiger partial charge in [0.15, 0.2) is 5.82 Å². The van der Waals surface area contributed by atoms with Gasteiger partial charge in [0.1, 0.15) is 11.6 Å². The Morgan fingerprint density at radius 2 is 2.07 bits per heavy atom. The molecular weight excluding hydrogens is 258 g/mol. The number of nitrogens with two attached hydrogens (primary N) is 1. The zero-order valence-corrected chi connectivity index (χ0v) is 10.00. The molecule has 5 heteroatoms. The second-order valence-corrected chi connectivity index (χ2v) is 4.02. The third-order valence-corrected chi connectivity index (χ3v) is 3.12. The molecule has 2 rings (SSSR count). The van der Waals surface area contributed by atoms with Crippen LogP contribution in [0.25, 0.3) is 11.4 Å². The van der Waals surface area contributed by atoms with Crippen LogP contribution in [0.15, 0.2) is 21.2 Å². The van der Waals surface area contributed by atoms with Gasteiger partial charge in [-0.25, -0.2) is 9.97 Å². The lowest BCUT2D eigenvalue weighted by Gasteiger charge is -2.04. The van der Waals surface area contributed by atoms with Crippen LogP contribution in [-0.2, 0) is 0 Å². The number of nitrogen functional groups attached to an aromatic ring is 1. The maximum Gasteiger partial charge on any atom is 0.165 e. The Kier molecular flexibility index (Phi) is 2.48. The second kappa shape index (κ2) is 3.66. The molecule has 0 saturated heterocycles. The van der Waals surface area contributed by atoms with Gasteiger partial charge in [-0.2, -0.15) is 0 Å². The van der Waals surface area contributed by atoms with Crippen LogP contribution in [0.3, 0.4) is 0 Å². The summed E-state index contributed by atoms with van der Waals surface area (Å²) in [6.07, 6.45) is 1.61. The van der Waals surface area contributed by atoms with E-state index in [1.807, 2.05) is 19.9 Å². The summed E-state index contributed by atoms with van der Waals surface area (Å²) < 4.78 is 5.94. The van der Waals surface area contributed by atoms with E-state index in [0.717, 1.165) is 21.5 Å². The molecule has 15 heavy (non-hydrogen) atoms. The van der Waals surface area contributed by atoms with Crippen molar-refractivity contribution in [1.82, 2.24) is 9.97 Å². The van der Waals surface area contributed by atoms with E-state index in [2.05, 4.69) is 25.9 Å². The first-order valence-electron chi connectivity index (χ1n) is 4.43. The number of aromatic nitrogens is 2. The summed E-state index contributed by atoms with van der Waals surface area (Å²) in [5.74, 6) is 1.83. The molecule has 2 aromatic rings. The Labute approximate surface area is 95.7 Å². The fraction of sp³-hybridized carbons (Fsp3) is 0.200. The molecule has 0 aliphatic heterocycles. The first-order chi connectivity index (χ1) is 7.09. The summed E-state index contributed by atoms with van der Waals surface area (Å²) in [5, 5.41) is 0. The molecule has 2 N–H and O–H groups in total. The first kappa shape index (κ1) is 10.2. The number of furan rings is 1. The zero-order valence-electron chi connectivity index (χ0n) is 8.41. The summed E-state index contributed by atoms with van der Waals surface area (Å²) >= 11 is 3.32. The van der Waals surface area contributed by atoms with Gasteiger partial charge in [0.25, 0.3) is 0 Å². The van der Waals surface area contributed by atoms with Crippen LogP contribution in [0, 0.1) is 13.8 Å². The number of anilines is 1. The Bertz CT molecular complexity index is 484. The van der Waals surface area contributed by atoms with Gasteiger partial charge < -0.3 is 10.2 Å². The van der Waals surface area contributed by atoms with Gasteiger partial charge in [0.05, 0.1) is 22.0 Å². The van der Waals surface area contributed by atoms with Crippen LogP contribution >= 0.6 is 15.9 Å². The number of halogens is 1. The van der Waals surface area contributed by atoms with Crippen molar-refractivity contribution in [3.63, 3.8) is 0 Å². The molecular formula is C10H10BrN3O. The lowest BCUT2D eigenvalue weighted by atomic mass is 10.2. The van der Waals surface area contributed by atoms with Crippen molar-refractivity contribution >= 4 is 21.7 Å². The Balaban J connectivity index is 2.60. The number of hydrogen-bond acceptors (Lipinski definition) is 4. The predicted molar refractivity (Wildman–Crippen MR) is 61.3 cm³/mol. The van der Waals surface area contributed by atoms with E-state index >= 15 is 0 Å². The Hall–Kier alpha value is -1.36. The van der Waals surface area contributed by atoms with E-state index < -0.39 is 0 Å². The average molecular weight is 268 g/mol. The lowest BCUT2D eigenvalue weighted by Crippen LogP contribution is -2.00. The minimum Gasteiger partial charge on any atom is -0.469 e. The van der Waals surface area contributed by atoms with Crippen molar-refractivity contribution in [1.29, 1.82) is 0 Å². The highest BCUT2D eigenvalue weighted by molar-refractivity contribution is 9.10. The fourth-order valence-corrected chi connectivity index (χ4v) is 1.50. The minimum atomic E-state index is 0.443. The monoisotopic (exact) mass is 267 g/mol. The highest BCUT2D eigenvalue weighted by Crippen LogP contribution is 2.26. The van der Waals surface area contributed by atoms with E-state index in [-0.39, 0.29) is 0 Å². The molecule has 78 valence electrons. The van der Waals surface area contributed by atoms with Crippen LogP contribution in [0.1, 0.15) is 11.5 Å².